The normalized spacial score (nSPS) is 17.1. The summed E-state index contributed by atoms with van der Waals surface area (Å²) in [5.41, 5.74) is 1.97. The lowest BCUT2D eigenvalue weighted by Gasteiger charge is -2.35. The van der Waals surface area contributed by atoms with Gasteiger partial charge in [-0.15, -0.1) is 6.58 Å². The van der Waals surface area contributed by atoms with E-state index in [0.29, 0.717) is 55.4 Å². The van der Waals surface area contributed by atoms with Crippen LogP contribution < -0.4 is 5.32 Å². The second-order valence-corrected chi connectivity index (χ2v) is 7.15. The molecule has 1 fully saturated rings. The highest BCUT2D eigenvalue weighted by atomic mass is 35.5. The van der Waals surface area contributed by atoms with Crippen LogP contribution in [-0.4, -0.2) is 58.4 Å². The average molecular weight is 391 g/mol. The second kappa shape index (κ2) is 8.54. The molecule has 1 N–H and O–H groups in total. The Bertz CT molecular complexity index is 864. The van der Waals surface area contributed by atoms with Crippen LogP contribution in [0, 0.1) is 0 Å². The Morgan fingerprint density at radius 2 is 2.22 bits per heavy atom. The molecule has 2 amide bonds. The summed E-state index contributed by atoms with van der Waals surface area (Å²) in [5, 5.41) is 3.44. The van der Waals surface area contributed by atoms with Gasteiger partial charge in [0.1, 0.15) is 6.33 Å². The van der Waals surface area contributed by atoms with Gasteiger partial charge >= 0.3 is 0 Å². The number of aromatic nitrogens is 2. The van der Waals surface area contributed by atoms with Crippen molar-refractivity contribution in [2.45, 2.75) is 25.8 Å². The molecule has 1 unspecified atom stereocenters. The number of nitrogens with one attached hydrogen (secondary N) is 1. The highest BCUT2D eigenvalue weighted by molar-refractivity contribution is 6.30. The van der Waals surface area contributed by atoms with E-state index >= 15 is 0 Å². The minimum absolute atomic E-state index is 0.0580. The molecular formula is C19H23ClN4O3. The van der Waals surface area contributed by atoms with Gasteiger partial charge in [0.25, 0.3) is 5.91 Å². The summed E-state index contributed by atoms with van der Waals surface area (Å²) in [5.74, 6) is -0.234. The molecule has 0 radical (unpaired) electrons. The fraction of sp³-hybridized carbons (Fsp3) is 0.421. The molecule has 1 aliphatic heterocycles. The summed E-state index contributed by atoms with van der Waals surface area (Å²) in [6, 6.07) is 3.27. The highest BCUT2D eigenvalue weighted by Gasteiger charge is 2.27. The maximum atomic E-state index is 12.6. The number of ether oxygens (including phenoxy) is 1. The van der Waals surface area contributed by atoms with Crippen molar-refractivity contribution in [3.63, 3.8) is 0 Å². The molecule has 0 aliphatic carbocycles. The molecule has 0 bridgehead atoms. The first-order chi connectivity index (χ1) is 13.0. The third-order valence-corrected chi connectivity index (χ3v) is 4.75. The molecule has 1 aliphatic rings. The fourth-order valence-electron chi connectivity index (χ4n) is 3.06. The van der Waals surface area contributed by atoms with Crippen molar-refractivity contribution in [3.05, 3.63) is 47.5 Å². The number of morpholine rings is 1. The van der Waals surface area contributed by atoms with E-state index in [2.05, 4.69) is 16.9 Å². The van der Waals surface area contributed by atoms with Gasteiger partial charge in [0.2, 0.25) is 5.91 Å². The van der Waals surface area contributed by atoms with Gasteiger partial charge in [-0.05, 0) is 25.5 Å². The SMILES string of the molecule is C=C(C)CCC(=O)N1CCOCC1CNC(=O)c1ncn2cc(Cl)ccc12. The maximum absolute atomic E-state index is 12.6. The van der Waals surface area contributed by atoms with E-state index in [4.69, 9.17) is 16.3 Å². The molecule has 0 aromatic carbocycles. The summed E-state index contributed by atoms with van der Waals surface area (Å²) in [6.45, 7) is 7.50. The first kappa shape index (κ1) is 19.4. The van der Waals surface area contributed by atoms with Crippen LogP contribution in [0.2, 0.25) is 5.02 Å². The number of imidazole rings is 1. The standard InChI is InChI=1S/C19H23ClN4O3/c1-13(2)3-6-17(25)24-7-8-27-11-15(24)9-21-19(26)18-16-5-4-14(20)10-23(16)12-22-18/h4-5,10,12,15H,1,3,6-9,11H2,2H3,(H,21,26). The quantitative estimate of drug-likeness (QED) is 0.768. The molecule has 7 nitrogen and oxygen atoms in total. The van der Waals surface area contributed by atoms with E-state index in [0.717, 1.165) is 5.57 Å². The Hall–Kier alpha value is -2.38. The monoisotopic (exact) mass is 390 g/mol. The first-order valence-electron chi connectivity index (χ1n) is 8.87. The van der Waals surface area contributed by atoms with Crippen molar-refractivity contribution in [1.29, 1.82) is 0 Å². The number of allylic oxidation sites excluding steroid dienone is 1. The number of halogens is 1. The van der Waals surface area contributed by atoms with Gasteiger partial charge in [-0.2, -0.15) is 0 Å². The van der Waals surface area contributed by atoms with E-state index in [-0.39, 0.29) is 17.9 Å². The summed E-state index contributed by atoms with van der Waals surface area (Å²) < 4.78 is 7.20. The minimum atomic E-state index is -0.292. The Morgan fingerprint density at radius 3 is 3.00 bits per heavy atom. The number of pyridine rings is 1. The van der Waals surface area contributed by atoms with Gasteiger partial charge in [0.15, 0.2) is 5.69 Å². The summed E-state index contributed by atoms with van der Waals surface area (Å²) in [7, 11) is 0. The van der Waals surface area contributed by atoms with Crippen LogP contribution in [0.4, 0.5) is 0 Å². The molecular weight excluding hydrogens is 368 g/mol. The van der Waals surface area contributed by atoms with Crippen molar-refractivity contribution < 1.29 is 14.3 Å². The molecule has 0 spiro atoms. The third kappa shape index (κ3) is 4.67. The Kier molecular flexibility index (Phi) is 6.13. The van der Waals surface area contributed by atoms with Crippen LogP contribution in [0.3, 0.4) is 0 Å². The van der Waals surface area contributed by atoms with Crippen LogP contribution in [0.5, 0.6) is 0 Å². The van der Waals surface area contributed by atoms with Crippen molar-refractivity contribution >= 4 is 28.9 Å². The number of hydrogen-bond donors (Lipinski definition) is 1. The summed E-state index contributed by atoms with van der Waals surface area (Å²) in [6.07, 6.45) is 4.33. The maximum Gasteiger partial charge on any atom is 0.272 e. The Labute approximate surface area is 163 Å². The van der Waals surface area contributed by atoms with Gasteiger partial charge in [-0.25, -0.2) is 4.98 Å². The van der Waals surface area contributed by atoms with E-state index in [1.807, 2.05) is 6.92 Å². The zero-order chi connectivity index (χ0) is 19.4. The Balaban J connectivity index is 1.63. The number of fused-ring (bicyclic) bond motifs is 1. The van der Waals surface area contributed by atoms with Crippen molar-refractivity contribution in [1.82, 2.24) is 19.6 Å². The predicted octanol–water partition coefficient (Wildman–Crippen LogP) is 2.30. The molecule has 0 saturated carbocycles. The van der Waals surface area contributed by atoms with E-state index < -0.39 is 0 Å². The smallest absolute Gasteiger partial charge is 0.272 e. The van der Waals surface area contributed by atoms with Crippen molar-refractivity contribution in [2.75, 3.05) is 26.3 Å². The molecule has 27 heavy (non-hydrogen) atoms. The van der Waals surface area contributed by atoms with Gasteiger partial charge < -0.3 is 19.4 Å². The molecule has 2 aromatic heterocycles. The largest absolute Gasteiger partial charge is 0.377 e. The van der Waals surface area contributed by atoms with Gasteiger partial charge in [0.05, 0.1) is 29.8 Å². The van der Waals surface area contributed by atoms with Gasteiger partial charge in [-0.1, -0.05) is 17.2 Å². The van der Waals surface area contributed by atoms with E-state index in [9.17, 15) is 9.59 Å². The lowest BCUT2D eigenvalue weighted by Crippen LogP contribution is -2.53. The number of rotatable bonds is 6. The highest BCUT2D eigenvalue weighted by Crippen LogP contribution is 2.15. The summed E-state index contributed by atoms with van der Waals surface area (Å²) >= 11 is 5.96. The predicted molar refractivity (Wildman–Crippen MR) is 103 cm³/mol. The Morgan fingerprint density at radius 1 is 1.41 bits per heavy atom. The van der Waals surface area contributed by atoms with Crippen LogP contribution in [-0.2, 0) is 9.53 Å². The zero-order valence-corrected chi connectivity index (χ0v) is 16.0. The lowest BCUT2D eigenvalue weighted by atomic mass is 10.1. The number of carbonyl (C=O) groups is 2. The summed E-state index contributed by atoms with van der Waals surface area (Å²) in [4.78, 5) is 31.0. The van der Waals surface area contributed by atoms with Crippen LogP contribution in [0.1, 0.15) is 30.3 Å². The topological polar surface area (TPSA) is 75.9 Å². The zero-order valence-electron chi connectivity index (χ0n) is 15.3. The number of carbonyl (C=O) groups excluding carboxylic acids is 2. The van der Waals surface area contributed by atoms with E-state index in [1.165, 1.54) is 0 Å². The van der Waals surface area contributed by atoms with E-state index in [1.54, 1.807) is 34.0 Å². The average Bonchev–Trinajstić information content (AvgIpc) is 3.07. The molecule has 8 heteroatoms. The molecule has 1 atom stereocenters. The first-order valence-corrected chi connectivity index (χ1v) is 9.25. The molecule has 2 aromatic rings. The molecule has 1 saturated heterocycles. The molecule has 3 rings (SSSR count). The molecule has 144 valence electrons. The number of nitrogens with zero attached hydrogens (tertiary/aromatic N) is 3. The number of amides is 2. The van der Waals surface area contributed by atoms with Crippen molar-refractivity contribution in [3.8, 4) is 0 Å². The third-order valence-electron chi connectivity index (χ3n) is 4.52. The van der Waals surface area contributed by atoms with Crippen LogP contribution in [0.25, 0.3) is 5.52 Å². The minimum Gasteiger partial charge on any atom is -0.377 e. The van der Waals surface area contributed by atoms with Gasteiger partial charge in [0, 0.05) is 25.7 Å². The fourth-order valence-corrected chi connectivity index (χ4v) is 3.23. The van der Waals surface area contributed by atoms with Crippen molar-refractivity contribution in [2.24, 2.45) is 0 Å². The number of hydrogen-bond acceptors (Lipinski definition) is 4. The molecule has 3 heterocycles. The van der Waals surface area contributed by atoms with Crippen LogP contribution >= 0.6 is 11.6 Å². The van der Waals surface area contributed by atoms with Crippen LogP contribution in [0.15, 0.2) is 36.8 Å². The second-order valence-electron chi connectivity index (χ2n) is 6.72. The van der Waals surface area contributed by atoms with Gasteiger partial charge in [-0.3, -0.25) is 9.59 Å². The lowest BCUT2D eigenvalue weighted by molar-refractivity contribution is -0.139.